The SMILES string of the molecule is CCc1cccc(C)c1Nc1nccnc1N. The molecule has 0 aliphatic rings. The summed E-state index contributed by atoms with van der Waals surface area (Å²) in [6.45, 7) is 4.19. The van der Waals surface area contributed by atoms with Crippen LogP contribution < -0.4 is 11.1 Å². The fourth-order valence-electron chi connectivity index (χ4n) is 1.77. The van der Waals surface area contributed by atoms with Crippen LogP contribution in [-0.2, 0) is 6.42 Å². The largest absolute Gasteiger partial charge is 0.381 e. The van der Waals surface area contributed by atoms with Gasteiger partial charge in [-0.3, -0.25) is 0 Å². The van der Waals surface area contributed by atoms with Gasteiger partial charge in [0.05, 0.1) is 0 Å². The number of anilines is 3. The number of para-hydroxylation sites is 1. The second kappa shape index (κ2) is 4.82. The number of benzene rings is 1. The summed E-state index contributed by atoms with van der Waals surface area (Å²) in [5, 5.41) is 3.26. The maximum atomic E-state index is 5.77. The molecule has 0 amide bonds. The monoisotopic (exact) mass is 228 g/mol. The van der Waals surface area contributed by atoms with E-state index in [0.29, 0.717) is 11.6 Å². The van der Waals surface area contributed by atoms with E-state index in [1.54, 1.807) is 12.4 Å². The van der Waals surface area contributed by atoms with Crippen molar-refractivity contribution < 1.29 is 0 Å². The summed E-state index contributed by atoms with van der Waals surface area (Å²) >= 11 is 0. The van der Waals surface area contributed by atoms with Crippen LogP contribution in [0.2, 0.25) is 0 Å². The Morgan fingerprint density at radius 2 is 2.00 bits per heavy atom. The van der Waals surface area contributed by atoms with Gasteiger partial charge in [-0.2, -0.15) is 0 Å². The van der Waals surface area contributed by atoms with Crippen LogP contribution in [0.1, 0.15) is 18.1 Å². The van der Waals surface area contributed by atoms with Gasteiger partial charge in [0.15, 0.2) is 11.6 Å². The van der Waals surface area contributed by atoms with E-state index in [9.17, 15) is 0 Å². The molecule has 0 spiro atoms. The van der Waals surface area contributed by atoms with Crippen molar-refractivity contribution in [1.82, 2.24) is 9.97 Å². The van der Waals surface area contributed by atoms with Gasteiger partial charge >= 0.3 is 0 Å². The zero-order valence-corrected chi connectivity index (χ0v) is 10.1. The average Bonchev–Trinajstić information content (AvgIpc) is 2.34. The molecule has 0 aliphatic heterocycles. The van der Waals surface area contributed by atoms with E-state index in [-0.39, 0.29) is 0 Å². The first-order valence-electron chi connectivity index (χ1n) is 5.64. The third-order valence-corrected chi connectivity index (χ3v) is 2.71. The highest BCUT2D eigenvalue weighted by Crippen LogP contribution is 2.25. The van der Waals surface area contributed by atoms with Crippen molar-refractivity contribution >= 4 is 17.3 Å². The summed E-state index contributed by atoms with van der Waals surface area (Å²) in [4.78, 5) is 8.20. The number of aromatic nitrogens is 2. The topological polar surface area (TPSA) is 63.8 Å². The van der Waals surface area contributed by atoms with E-state index >= 15 is 0 Å². The molecule has 0 radical (unpaired) electrons. The van der Waals surface area contributed by atoms with Crippen molar-refractivity contribution in [2.45, 2.75) is 20.3 Å². The predicted molar refractivity (Wildman–Crippen MR) is 70.3 cm³/mol. The molecule has 4 heteroatoms. The van der Waals surface area contributed by atoms with Crippen molar-refractivity contribution in [2.24, 2.45) is 0 Å². The average molecular weight is 228 g/mol. The lowest BCUT2D eigenvalue weighted by atomic mass is 10.1. The molecular formula is C13H16N4. The molecule has 0 aliphatic carbocycles. The van der Waals surface area contributed by atoms with E-state index in [0.717, 1.165) is 12.1 Å². The molecule has 0 saturated heterocycles. The van der Waals surface area contributed by atoms with Crippen LogP contribution in [0.4, 0.5) is 17.3 Å². The van der Waals surface area contributed by atoms with Gasteiger partial charge in [0, 0.05) is 18.1 Å². The molecule has 0 unspecified atom stereocenters. The zero-order chi connectivity index (χ0) is 12.3. The molecular weight excluding hydrogens is 212 g/mol. The van der Waals surface area contributed by atoms with Gasteiger partial charge in [0.25, 0.3) is 0 Å². The summed E-state index contributed by atoms with van der Waals surface area (Å²) < 4.78 is 0. The Bertz CT molecular complexity index is 523. The molecule has 1 aromatic heterocycles. The Morgan fingerprint density at radius 3 is 2.71 bits per heavy atom. The van der Waals surface area contributed by atoms with Gasteiger partial charge in [-0.15, -0.1) is 0 Å². The first-order chi connectivity index (χ1) is 8.22. The smallest absolute Gasteiger partial charge is 0.173 e. The fourth-order valence-corrected chi connectivity index (χ4v) is 1.77. The lowest BCUT2D eigenvalue weighted by Crippen LogP contribution is -2.04. The Labute approximate surface area is 101 Å². The Hall–Kier alpha value is -2.10. The maximum absolute atomic E-state index is 5.77. The summed E-state index contributed by atoms with van der Waals surface area (Å²) in [5.74, 6) is 1.02. The summed E-state index contributed by atoms with van der Waals surface area (Å²) in [7, 11) is 0. The minimum atomic E-state index is 0.415. The number of nitrogens with one attached hydrogen (secondary N) is 1. The second-order valence-corrected chi connectivity index (χ2v) is 3.88. The second-order valence-electron chi connectivity index (χ2n) is 3.88. The van der Waals surface area contributed by atoms with Crippen LogP contribution in [0, 0.1) is 6.92 Å². The molecule has 3 N–H and O–H groups in total. The van der Waals surface area contributed by atoms with E-state index < -0.39 is 0 Å². The van der Waals surface area contributed by atoms with E-state index in [1.165, 1.54) is 11.1 Å². The number of nitrogen functional groups attached to an aromatic ring is 1. The molecule has 17 heavy (non-hydrogen) atoms. The van der Waals surface area contributed by atoms with Gasteiger partial charge < -0.3 is 11.1 Å². The zero-order valence-electron chi connectivity index (χ0n) is 10.1. The van der Waals surface area contributed by atoms with Crippen molar-refractivity contribution in [3.63, 3.8) is 0 Å². The first-order valence-corrected chi connectivity index (χ1v) is 5.64. The van der Waals surface area contributed by atoms with Crippen LogP contribution in [0.5, 0.6) is 0 Å². The van der Waals surface area contributed by atoms with E-state index in [1.807, 2.05) is 0 Å². The number of rotatable bonds is 3. The molecule has 0 fully saturated rings. The highest BCUT2D eigenvalue weighted by Gasteiger charge is 2.07. The molecule has 0 saturated carbocycles. The van der Waals surface area contributed by atoms with Gasteiger partial charge in [-0.1, -0.05) is 25.1 Å². The molecule has 0 bridgehead atoms. The van der Waals surface area contributed by atoms with Crippen molar-refractivity contribution in [3.8, 4) is 0 Å². The number of nitrogens with two attached hydrogens (primary N) is 1. The quantitative estimate of drug-likeness (QED) is 0.847. The Balaban J connectivity index is 2.39. The van der Waals surface area contributed by atoms with Gasteiger partial charge in [-0.05, 0) is 24.5 Å². The standard InChI is InChI=1S/C13H16N4/c1-3-10-6-4-5-9(2)11(10)17-13-12(14)15-7-8-16-13/h4-8H,3H2,1-2H3,(H2,14,15)(H,16,17). The summed E-state index contributed by atoms with van der Waals surface area (Å²) in [6.07, 6.45) is 4.17. The number of aryl methyl sites for hydroxylation is 2. The Morgan fingerprint density at radius 1 is 1.24 bits per heavy atom. The third kappa shape index (κ3) is 2.36. The third-order valence-electron chi connectivity index (χ3n) is 2.71. The number of hydrogen-bond donors (Lipinski definition) is 2. The molecule has 1 heterocycles. The highest BCUT2D eigenvalue weighted by atomic mass is 15.1. The van der Waals surface area contributed by atoms with Crippen LogP contribution >= 0.6 is 0 Å². The van der Waals surface area contributed by atoms with Crippen molar-refractivity contribution in [1.29, 1.82) is 0 Å². The van der Waals surface area contributed by atoms with Gasteiger partial charge in [0.2, 0.25) is 0 Å². The lowest BCUT2D eigenvalue weighted by molar-refractivity contribution is 1.12. The summed E-state index contributed by atoms with van der Waals surface area (Å²) in [5.41, 5.74) is 9.27. The van der Waals surface area contributed by atoms with Crippen LogP contribution in [0.15, 0.2) is 30.6 Å². The van der Waals surface area contributed by atoms with E-state index in [4.69, 9.17) is 5.73 Å². The van der Waals surface area contributed by atoms with Crippen LogP contribution in [0.25, 0.3) is 0 Å². The van der Waals surface area contributed by atoms with Gasteiger partial charge in [-0.25, -0.2) is 9.97 Å². The molecule has 2 aromatic rings. The molecule has 4 nitrogen and oxygen atoms in total. The van der Waals surface area contributed by atoms with Crippen LogP contribution in [0.3, 0.4) is 0 Å². The molecule has 0 atom stereocenters. The van der Waals surface area contributed by atoms with E-state index in [2.05, 4.69) is 47.3 Å². The highest BCUT2D eigenvalue weighted by molar-refractivity contribution is 5.70. The van der Waals surface area contributed by atoms with Crippen LogP contribution in [-0.4, -0.2) is 9.97 Å². The predicted octanol–water partition coefficient (Wildman–Crippen LogP) is 2.67. The summed E-state index contributed by atoms with van der Waals surface area (Å²) in [6, 6.07) is 6.22. The Kier molecular flexibility index (Phi) is 3.23. The normalized spacial score (nSPS) is 10.2. The van der Waals surface area contributed by atoms with Gasteiger partial charge in [0.1, 0.15) is 0 Å². The number of hydrogen-bond acceptors (Lipinski definition) is 4. The molecule has 1 aromatic carbocycles. The maximum Gasteiger partial charge on any atom is 0.173 e. The number of nitrogens with zero attached hydrogens (tertiary/aromatic N) is 2. The minimum Gasteiger partial charge on any atom is -0.381 e. The first kappa shape index (κ1) is 11.4. The molecule has 88 valence electrons. The lowest BCUT2D eigenvalue weighted by Gasteiger charge is -2.13. The molecule has 2 rings (SSSR count). The van der Waals surface area contributed by atoms with Crippen molar-refractivity contribution in [2.75, 3.05) is 11.1 Å². The van der Waals surface area contributed by atoms with Crippen molar-refractivity contribution in [3.05, 3.63) is 41.7 Å². The minimum absolute atomic E-state index is 0.415. The fraction of sp³-hybridized carbons (Fsp3) is 0.231.